The van der Waals surface area contributed by atoms with Gasteiger partial charge in [0.15, 0.2) is 0 Å². The van der Waals surface area contributed by atoms with Crippen molar-refractivity contribution in [3.05, 3.63) is 35.4 Å². The minimum atomic E-state index is 0.0967. The summed E-state index contributed by atoms with van der Waals surface area (Å²) in [6, 6.07) is 8.50. The third-order valence-corrected chi connectivity index (χ3v) is 3.47. The molecule has 1 aromatic rings. The largest absolute Gasteiger partial charge is 0.348 e. The van der Waals surface area contributed by atoms with Gasteiger partial charge < -0.3 is 10.6 Å². The van der Waals surface area contributed by atoms with Crippen molar-refractivity contribution in [1.82, 2.24) is 9.80 Å². The predicted molar refractivity (Wildman–Crippen MR) is 83.5 cm³/mol. The molecule has 0 radical (unpaired) electrons. The van der Waals surface area contributed by atoms with Gasteiger partial charge in [-0.1, -0.05) is 36.8 Å². The molecule has 0 aliphatic carbocycles. The molecule has 0 bridgehead atoms. The molecule has 0 saturated carbocycles. The summed E-state index contributed by atoms with van der Waals surface area (Å²) in [5.41, 5.74) is 8.37. The molecule has 0 aliphatic heterocycles. The standard InChI is InChI=1S/C16H27N3O/c1-5-10-19(12-16(20)18(3)4)15(11-17)14-8-6-13(2)7-9-14/h6-9,15H,5,10-12,17H2,1-4H3. The summed E-state index contributed by atoms with van der Waals surface area (Å²) in [6.07, 6.45) is 1.00. The van der Waals surface area contributed by atoms with Gasteiger partial charge in [-0.15, -0.1) is 0 Å². The molecule has 4 heteroatoms. The second kappa shape index (κ2) is 8.02. The average molecular weight is 277 g/mol. The number of nitrogens with two attached hydrogens (primary N) is 1. The van der Waals surface area contributed by atoms with Crippen LogP contribution in [0.3, 0.4) is 0 Å². The predicted octanol–water partition coefficient (Wildman–Crippen LogP) is 1.80. The highest BCUT2D eigenvalue weighted by Gasteiger charge is 2.21. The highest BCUT2D eigenvalue weighted by atomic mass is 16.2. The quantitative estimate of drug-likeness (QED) is 0.826. The van der Waals surface area contributed by atoms with Gasteiger partial charge in [0.2, 0.25) is 5.91 Å². The van der Waals surface area contributed by atoms with Crippen LogP contribution in [0.25, 0.3) is 0 Å². The normalized spacial score (nSPS) is 12.5. The summed E-state index contributed by atoms with van der Waals surface area (Å²) < 4.78 is 0. The molecule has 0 aromatic heterocycles. The van der Waals surface area contributed by atoms with Crippen LogP contribution in [0.15, 0.2) is 24.3 Å². The topological polar surface area (TPSA) is 49.6 Å². The Kier molecular flexibility index (Phi) is 6.68. The van der Waals surface area contributed by atoms with Crippen LogP contribution in [0.1, 0.15) is 30.5 Å². The van der Waals surface area contributed by atoms with Crippen LogP contribution >= 0.6 is 0 Å². The monoisotopic (exact) mass is 277 g/mol. The van der Waals surface area contributed by atoms with Crippen LogP contribution in [0, 0.1) is 6.92 Å². The molecule has 4 nitrogen and oxygen atoms in total. The van der Waals surface area contributed by atoms with Crippen molar-refractivity contribution in [2.24, 2.45) is 5.73 Å². The Balaban J connectivity index is 2.90. The lowest BCUT2D eigenvalue weighted by molar-refractivity contribution is -0.130. The van der Waals surface area contributed by atoms with Crippen molar-refractivity contribution in [3.8, 4) is 0 Å². The molecule has 0 aliphatic rings. The number of hydrogen-bond acceptors (Lipinski definition) is 3. The van der Waals surface area contributed by atoms with Crippen LogP contribution in [0.2, 0.25) is 0 Å². The average Bonchev–Trinajstić information content (AvgIpc) is 2.41. The third-order valence-electron chi connectivity index (χ3n) is 3.47. The number of amides is 1. The van der Waals surface area contributed by atoms with Gasteiger partial charge in [-0.3, -0.25) is 9.69 Å². The zero-order valence-electron chi connectivity index (χ0n) is 13.1. The molecule has 2 N–H and O–H groups in total. The molecule has 1 amide bonds. The first-order valence-electron chi connectivity index (χ1n) is 7.20. The lowest BCUT2D eigenvalue weighted by Crippen LogP contribution is -2.41. The molecule has 0 fully saturated rings. The zero-order chi connectivity index (χ0) is 15.1. The van der Waals surface area contributed by atoms with Gasteiger partial charge in [0.05, 0.1) is 6.54 Å². The second-order valence-corrected chi connectivity index (χ2v) is 5.42. The van der Waals surface area contributed by atoms with E-state index in [1.54, 1.807) is 19.0 Å². The maximum Gasteiger partial charge on any atom is 0.236 e. The van der Waals surface area contributed by atoms with E-state index in [0.717, 1.165) is 13.0 Å². The summed E-state index contributed by atoms with van der Waals surface area (Å²) in [6.45, 7) is 5.99. The lowest BCUT2D eigenvalue weighted by Gasteiger charge is -2.31. The van der Waals surface area contributed by atoms with E-state index in [1.807, 2.05) is 0 Å². The van der Waals surface area contributed by atoms with Crippen LogP contribution in [0.5, 0.6) is 0 Å². The molecule has 0 saturated heterocycles. The second-order valence-electron chi connectivity index (χ2n) is 5.42. The van der Waals surface area contributed by atoms with E-state index in [4.69, 9.17) is 5.73 Å². The summed E-state index contributed by atoms with van der Waals surface area (Å²) in [4.78, 5) is 15.8. The molecular weight excluding hydrogens is 250 g/mol. The molecule has 0 heterocycles. The van der Waals surface area contributed by atoms with E-state index < -0.39 is 0 Å². The smallest absolute Gasteiger partial charge is 0.236 e. The third kappa shape index (κ3) is 4.62. The van der Waals surface area contributed by atoms with Crippen LogP contribution in [-0.4, -0.2) is 49.4 Å². The Labute approximate surface area is 122 Å². The van der Waals surface area contributed by atoms with Crippen molar-refractivity contribution in [2.75, 3.05) is 33.7 Å². The van der Waals surface area contributed by atoms with E-state index >= 15 is 0 Å². The van der Waals surface area contributed by atoms with Gasteiger partial charge in [-0.2, -0.15) is 0 Å². The maximum absolute atomic E-state index is 12.0. The molecule has 1 atom stereocenters. The van der Waals surface area contributed by atoms with Gasteiger partial charge in [0.25, 0.3) is 0 Å². The number of likely N-dealkylation sites (N-methyl/N-ethyl adjacent to an activating group) is 1. The van der Waals surface area contributed by atoms with Crippen molar-refractivity contribution >= 4 is 5.91 Å². The number of rotatable bonds is 7. The number of benzene rings is 1. The fraction of sp³-hybridized carbons (Fsp3) is 0.562. The Morgan fingerprint density at radius 2 is 1.85 bits per heavy atom. The van der Waals surface area contributed by atoms with Crippen molar-refractivity contribution in [3.63, 3.8) is 0 Å². The molecule has 1 aromatic carbocycles. The number of aryl methyl sites for hydroxylation is 1. The minimum Gasteiger partial charge on any atom is -0.348 e. The van der Waals surface area contributed by atoms with Crippen molar-refractivity contribution in [2.45, 2.75) is 26.3 Å². The van der Waals surface area contributed by atoms with Crippen molar-refractivity contribution < 1.29 is 4.79 Å². The Morgan fingerprint density at radius 1 is 1.25 bits per heavy atom. The van der Waals surface area contributed by atoms with Gasteiger partial charge in [0.1, 0.15) is 0 Å². The van der Waals surface area contributed by atoms with E-state index in [1.165, 1.54) is 11.1 Å². The number of carbonyl (C=O) groups is 1. The molecular formula is C16H27N3O. The van der Waals surface area contributed by atoms with Crippen molar-refractivity contribution in [1.29, 1.82) is 0 Å². The van der Waals surface area contributed by atoms with Gasteiger partial charge >= 0.3 is 0 Å². The molecule has 112 valence electrons. The van der Waals surface area contributed by atoms with Gasteiger partial charge in [-0.25, -0.2) is 0 Å². The maximum atomic E-state index is 12.0. The first kappa shape index (κ1) is 16.7. The zero-order valence-corrected chi connectivity index (χ0v) is 13.1. The fourth-order valence-corrected chi connectivity index (χ4v) is 2.23. The summed E-state index contributed by atoms with van der Waals surface area (Å²) in [7, 11) is 3.57. The highest BCUT2D eigenvalue weighted by Crippen LogP contribution is 2.20. The first-order chi connectivity index (χ1) is 9.49. The van der Waals surface area contributed by atoms with Crippen LogP contribution in [0.4, 0.5) is 0 Å². The van der Waals surface area contributed by atoms with Gasteiger partial charge in [0, 0.05) is 26.7 Å². The van der Waals surface area contributed by atoms with Crippen LogP contribution < -0.4 is 5.73 Å². The molecule has 20 heavy (non-hydrogen) atoms. The number of hydrogen-bond donors (Lipinski definition) is 1. The van der Waals surface area contributed by atoms with E-state index in [9.17, 15) is 4.79 Å². The molecule has 1 rings (SSSR count). The summed E-state index contributed by atoms with van der Waals surface area (Å²) in [5, 5.41) is 0. The fourth-order valence-electron chi connectivity index (χ4n) is 2.23. The van der Waals surface area contributed by atoms with E-state index in [0.29, 0.717) is 13.1 Å². The summed E-state index contributed by atoms with van der Waals surface area (Å²) in [5.74, 6) is 0.115. The Hall–Kier alpha value is -1.39. The number of nitrogens with zero attached hydrogens (tertiary/aromatic N) is 2. The first-order valence-corrected chi connectivity index (χ1v) is 7.20. The summed E-state index contributed by atoms with van der Waals surface area (Å²) >= 11 is 0. The minimum absolute atomic E-state index is 0.0967. The highest BCUT2D eigenvalue weighted by molar-refractivity contribution is 5.77. The van der Waals surface area contributed by atoms with E-state index in [-0.39, 0.29) is 11.9 Å². The SMILES string of the molecule is CCCN(CC(=O)N(C)C)C(CN)c1ccc(C)cc1. The van der Waals surface area contributed by atoms with E-state index in [2.05, 4.69) is 43.0 Å². The Morgan fingerprint density at radius 3 is 2.30 bits per heavy atom. The van der Waals surface area contributed by atoms with Gasteiger partial charge in [-0.05, 0) is 25.5 Å². The number of carbonyl (C=O) groups excluding carboxylic acids is 1. The lowest BCUT2D eigenvalue weighted by atomic mass is 10.0. The Bertz CT molecular complexity index is 414. The van der Waals surface area contributed by atoms with Crippen LogP contribution in [-0.2, 0) is 4.79 Å². The molecule has 1 unspecified atom stereocenters. The molecule has 0 spiro atoms.